The van der Waals surface area contributed by atoms with Gasteiger partial charge in [-0.25, -0.2) is 17.6 Å². The lowest BCUT2D eigenvalue weighted by atomic mass is 10.2. The summed E-state index contributed by atoms with van der Waals surface area (Å²) in [5, 5.41) is 8.41. The molecular formula is C14H11BrClFO5S. The largest absolute Gasteiger partial charge is 0.372 e. The van der Waals surface area contributed by atoms with Crippen LogP contribution >= 0.6 is 27.5 Å². The zero-order valence-corrected chi connectivity index (χ0v) is 14.8. The van der Waals surface area contributed by atoms with Crippen LogP contribution in [0.1, 0.15) is 10.4 Å². The zero-order chi connectivity index (χ0) is 17.6. The number of hydrogen-bond donors (Lipinski definition) is 1. The van der Waals surface area contributed by atoms with Gasteiger partial charge in [0.05, 0.1) is 14.9 Å². The van der Waals surface area contributed by atoms with Crippen molar-refractivity contribution in [3.63, 3.8) is 0 Å². The molecule has 0 atom stereocenters. The topological polar surface area (TPSA) is 80.7 Å². The third-order valence-corrected chi connectivity index (χ3v) is 4.42. The molecule has 0 aliphatic heterocycles. The SMILES string of the molecule is CS(=O)(=O)c1ccc(F)c(Br)c1.O=C(OO)c1cccc(Cl)c1. The lowest BCUT2D eigenvalue weighted by molar-refractivity contribution is -0.182. The van der Waals surface area contributed by atoms with Gasteiger partial charge in [0.15, 0.2) is 9.84 Å². The summed E-state index contributed by atoms with van der Waals surface area (Å²) in [6.45, 7) is 0. The monoisotopic (exact) mass is 424 g/mol. The maximum absolute atomic E-state index is 12.6. The Morgan fingerprint density at radius 3 is 2.39 bits per heavy atom. The van der Waals surface area contributed by atoms with Gasteiger partial charge in [0.25, 0.3) is 0 Å². The van der Waals surface area contributed by atoms with Crippen molar-refractivity contribution in [1.82, 2.24) is 0 Å². The molecule has 0 aliphatic carbocycles. The molecule has 0 saturated heterocycles. The van der Waals surface area contributed by atoms with Crippen LogP contribution in [0, 0.1) is 5.82 Å². The van der Waals surface area contributed by atoms with Crippen LogP contribution in [-0.2, 0) is 14.7 Å². The molecule has 124 valence electrons. The van der Waals surface area contributed by atoms with Crippen LogP contribution in [0.3, 0.4) is 0 Å². The molecule has 0 spiro atoms. The molecule has 1 N–H and O–H groups in total. The first-order valence-corrected chi connectivity index (χ1v) is 8.98. The second-order valence-corrected chi connectivity index (χ2v) is 7.54. The zero-order valence-electron chi connectivity index (χ0n) is 11.7. The maximum atomic E-state index is 12.6. The molecule has 0 unspecified atom stereocenters. The summed E-state index contributed by atoms with van der Waals surface area (Å²) in [4.78, 5) is 14.2. The number of rotatable bonds is 2. The van der Waals surface area contributed by atoms with E-state index in [1.807, 2.05) is 0 Å². The van der Waals surface area contributed by atoms with Crippen LogP contribution in [0.15, 0.2) is 51.8 Å². The van der Waals surface area contributed by atoms with Gasteiger partial charge in [0, 0.05) is 11.3 Å². The molecular weight excluding hydrogens is 415 g/mol. The van der Waals surface area contributed by atoms with Crippen LogP contribution in [0.25, 0.3) is 0 Å². The first-order valence-electron chi connectivity index (χ1n) is 5.91. The van der Waals surface area contributed by atoms with Gasteiger partial charge in [0.2, 0.25) is 0 Å². The standard InChI is InChI=1S/C7H6BrFO2S.C7H5ClO3/c1-12(10,11)5-2-3-7(9)6(8)4-5;8-6-3-1-2-5(4-6)7(9)11-10/h2-4H,1H3;1-4,10H. The predicted octanol–water partition coefficient (Wildman–Crippen LogP) is 3.96. The fourth-order valence-corrected chi connectivity index (χ4v) is 2.74. The van der Waals surface area contributed by atoms with E-state index in [1.54, 1.807) is 12.1 Å². The van der Waals surface area contributed by atoms with E-state index in [-0.39, 0.29) is 14.9 Å². The highest BCUT2D eigenvalue weighted by atomic mass is 79.9. The van der Waals surface area contributed by atoms with Gasteiger partial charge in [-0.2, -0.15) is 5.26 Å². The third-order valence-electron chi connectivity index (χ3n) is 2.46. The van der Waals surface area contributed by atoms with Gasteiger partial charge >= 0.3 is 5.97 Å². The van der Waals surface area contributed by atoms with Crippen LogP contribution in [0.4, 0.5) is 4.39 Å². The number of sulfone groups is 1. The molecule has 0 bridgehead atoms. The van der Waals surface area contributed by atoms with E-state index in [1.165, 1.54) is 24.3 Å². The van der Waals surface area contributed by atoms with E-state index in [4.69, 9.17) is 16.9 Å². The fraction of sp³-hybridized carbons (Fsp3) is 0.0714. The number of benzene rings is 2. The van der Waals surface area contributed by atoms with Gasteiger partial charge < -0.3 is 0 Å². The van der Waals surface area contributed by atoms with Crippen LogP contribution < -0.4 is 0 Å². The normalized spacial score (nSPS) is 10.5. The average molecular weight is 426 g/mol. The van der Waals surface area contributed by atoms with Crippen molar-refractivity contribution in [1.29, 1.82) is 0 Å². The van der Waals surface area contributed by atoms with E-state index >= 15 is 0 Å². The lowest BCUT2D eigenvalue weighted by Crippen LogP contribution is -2.00. The Balaban J connectivity index is 0.000000231. The highest BCUT2D eigenvalue weighted by molar-refractivity contribution is 9.10. The molecule has 0 aliphatic rings. The first-order chi connectivity index (χ1) is 10.6. The Labute approximate surface area is 145 Å². The summed E-state index contributed by atoms with van der Waals surface area (Å²) >= 11 is 8.46. The summed E-state index contributed by atoms with van der Waals surface area (Å²) in [6.07, 6.45) is 1.08. The van der Waals surface area contributed by atoms with Crippen molar-refractivity contribution < 1.29 is 27.7 Å². The lowest BCUT2D eigenvalue weighted by Gasteiger charge is -1.98. The number of hydrogen-bond acceptors (Lipinski definition) is 5. The van der Waals surface area contributed by atoms with E-state index in [0.29, 0.717) is 5.02 Å². The molecule has 23 heavy (non-hydrogen) atoms. The highest BCUT2D eigenvalue weighted by Crippen LogP contribution is 2.19. The third kappa shape index (κ3) is 6.26. The van der Waals surface area contributed by atoms with Crippen LogP contribution in [0.5, 0.6) is 0 Å². The van der Waals surface area contributed by atoms with Crippen molar-refractivity contribution in [3.8, 4) is 0 Å². The molecule has 0 saturated carbocycles. The minimum absolute atomic E-state index is 0.107. The second kappa shape index (κ2) is 8.39. The maximum Gasteiger partial charge on any atom is 0.372 e. The molecule has 0 amide bonds. The van der Waals surface area contributed by atoms with Gasteiger partial charge in [-0.05, 0) is 52.3 Å². The number of carbonyl (C=O) groups is 1. The number of halogens is 3. The van der Waals surface area contributed by atoms with Crippen LogP contribution in [0.2, 0.25) is 5.02 Å². The molecule has 0 fully saturated rings. The fourth-order valence-electron chi connectivity index (χ4n) is 1.38. The van der Waals surface area contributed by atoms with Crippen molar-refractivity contribution >= 4 is 43.3 Å². The quantitative estimate of drug-likeness (QED) is 0.447. The van der Waals surface area contributed by atoms with E-state index in [0.717, 1.165) is 12.3 Å². The highest BCUT2D eigenvalue weighted by Gasteiger charge is 2.09. The minimum Gasteiger partial charge on any atom is -0.296 e. The minimum atomic E-state index is -3.24. The summed E-state index contributed by atoms with van der Waals surface area (Å²) in [6, 6.07) is 9.69. The molecule has 9 heteroatoms. The van der Waals surface area contributed by atoms with Gasteiger partial charge in [-0.1, -0.05) is 17.7 Å². The summed E-state index contributed by atoms with van der Waals surface area (Å²) in [7, 11) is -3.24. The Hall–Kier alpha value is -1.48. The molecule has 2 aromatic rings. The van der Waals surface area contributed by atoms with Gasteiger partial charge in [-0.15, -0.1) is 0 Å². The van der Waals surface area contributed by atoms with Gasteiger partial charge in [-0.3, -0.25) is 4.89 Å². The first kappa shape index (κ1) is 19.6. The second-order valence-electron chi connectivity index (χ2n) is 4.24. The number of carbonyl (C=O) groups excluding carboxylic acids is 1. The Morgan fingerprint density at radius 2 is 1.91 bits per heavy atom. The molecule has 2 rings (SSSR count). The van der Waals surface area contributed by atoms with Crippen LogP contribution in [-0.4, -0.2) is 25.9 Å². The predicted molar refractivity (Wildman–Crippen MR) is 86.7 cm³/mol. The average Bonchev–Trinajstić information content (AvgIpc) is 2.49. The summed E-state index contributed by atoms with van der Waals surface area (Å²) in [5.74, 6) is -1.28. The Morgan fingerprint density at radius 1 is 1.26 bits per heavy atom. The van der Waals surface area contributed by atoms with Crippen molar-refractivity contribution in [2.75, 3.05) is 6.26 Å². The van der Waals surface area contributed by atoms with E-state index in [9.17, 15) is 17.6 Å². The molecule has 0 aromatic heterocycles. The molecule has 2 aromatic carbocycles. The summed E-state index contributed by atoms with van der Waals surface area (Å²) in [5.41, 5.74) is 0.222. The molecule has 0 radical (unpaired) electrons. The molecule has 5 nitrogen and oxygen atoms in total. The van der Waals surface area contributed by atoms with Crippen molar-refractivity contribution in [2.45, 2.75) is 4.90 Å². The van der Waals surface area contributed by atoms with E-state index < -0.39 is 21.6 Å². The van der Waals surface area contributed by atoms with Crippen molar-refractivity contribution in [3.05, 3.63) is 63.3 Å². The van der Waals surface area contributed by atoms with E-state index in [2.05, 4.69) is 20.8 Å². The van der Waals surface area contributed by atoms with Crippen molar-refractivity contribution in [2.24, 2.45) is 0 Å². The summed E-state index contributed by atoms with van der Waals surface area (Å²) < 4.78 is 34.7. The Bertz CT molecular complexity index is 811. The Kier molecular flexibility index (Phi) is 7.14. The molecule has 0 heterocycles. The van der Waals surface area contributed by atoms with Gasteiger partial charge in [0.1, 0.15) is 5.82 Å². The smallest absolute Gasteiger partial charge is 0.296 e.